The highest BCUT2D eigenvalue weighted by Gasteiger charge is 2.08. The molecule has 1 heterocycles. The molecule has 19 heavy (non-hydrogen) atoms. The van der Waals surface area contributed by atoms with Gasteiger partial charge in [-0.25, -0.2) is 4.98 Å². The average Bonchev–Trinajstić information content (AvgIpc) is 2.96. The summed E-state index contributed by atoms with van der Waals surface area (Å²) in [5, 5.41) is 3.38. The third-order valence-corrected chi connectivity index (χ3v) is 2.93. The van der Waals surface area contributed by atoms with E-state index >= 15 is 0 Å². The van der Waals surface area contributed by atoms with Crippen molar-refractivity contribution in [2.75, 3.05) is 20.8 Å². The van der Waals surface area contributed by atoms with Gasteiger partial charge in [-0.2, -0.15) is 0 Å². The maximum Gasteiger partial charge on any atom is 0.165 e. The van der Waals surface area contributed by atoms with Gasteiger partial charge >= 0.3 is 0 Å². The van der Waals surface area contributed by atoms with Gasteiger partial charge in [0, 0.05) is 37.0 Å². The molecule has 0 spiro atoms. The number of nitrogens with zero attached hydrogens (tertiary/aromatic N) is 1. The molecule has 1 aromatic heterocycles. The van der Waals surface area contributed by atoms with Crippen LogP contribution in [-0.2, 0) is 13.0 Å². The van der Waals surface area contributed by atoms with Gasteiger partial charge in [-0.05, 0) is 6.07 Å². The predicted octanol–water partition coefficient (Wildman–Crippen LogP) is 1.76. The van der Waals surface area contributed by atoms with Gasteiger partial charge in [0.05, 0.1) is 20.5 Å². The fourth-order valence-corrected chi connectivity index (χ4v) is 1.96. The Labute approximate surface area is 113 Å². The Morgan fingerprint density at radius 1 is 1.26 bits per heavy atom. The van der Waals surface area contributed by atoms with Crippen molar-refractivity contribution in [1.82, 2.24) is 15.3 Å². The molecule has 0 fully saturated rings. The molecule has 5 nitrogen and oxygen atoms in total. The van der Waals surface area contributed by atoms with Gasteiger partial charge < -0.3 is 19.8 Å². The Morgan fingerprint density at radius 3 is 2.84 bits per heavy atom. The number of aromatic amines is 1. The van der Waals surface area contributed by atoms with Crippen LogP contribution in [0, 0.1) is 0 Å². The zero-order valence-corrected chi connectivity index (χ0v) is 11.3. The minimum Gasteiger partial charge on any atom is -0.493 e. The first-order valence-electron chi connectivity index (χ1n) is 6.23. The van der Waals surface area contributed by atoms with Crippen molar-refractivity contribution in [1.29, 1.82) is 0 Å². The number of H-pyrrole nitrogens is 1. The summed E-state index contributed by atoms with van der Waals surface area (Å²) in [6.45, 7) is 1.62. The van der Waals surface area contributed by atoms with E-state index in [0.29, 0.717) is 0 Å². The van der Waals surface area contributed by atoms with E-state index in [0.717, 1.165) is 42.3 Å². The lowest BCUT2D eigenvalue weighted by Crippen LogP contribution is -2.17. The minimum absolute atomic E-state index is 0.745. The molecule has 2 N–H and O–H groups in total. The third-order valence-electron chi connectivity index (χ3n) is 2.93. The quantitative estimate of drug-likeness (QED) is 0.746. The molecule has 0 amide bonds. The van der Waals surface area contributed by atoms with Crippen molar-refractivity contribution in [3.63, 3.8) is 0 Å². The van der Waals surface area contributed by atoms with Crippen molar-refractivity contribution in [3.8, 4) is 11.5 Å². The summed E-state index contributed by atoms with van der Waals surface area (Å²) in [5.41, 5.74) is 2.22. The maximum atomic E-state index is 5.39. The van der Waals surface area contributed by atoms with Crippen molar-refractivity contribution in [2.24, 2.45) is 0 Å². The highest BCUT2D eigenvalue weighted by atomic mass is 16.5. The monoisotopic (exact) mass is 261 g/mol. The predicted molar refractivity (Wildman–Crippen MR) is 73.5 cm³/mol. The van der Waals surface area contributed by atoms with Crippen molar-refractivity contribution >= 4 is 0 Å². The number of nitrogens with one attached hydrogen (secondary N) is 2. The number of ether oxygens (including phenoxy) is 2. The topological polar surface area (TPSA) is 59.2 Å². The van der Waals surface area contributed by atoms with Crippen molar-refractivity contribution in [2.45, 2.75) is 13.0 Å². The van der Waals surface area contributed by atoms with Gasteiger partial charge in [-0.15, -0.1) is 0 Å². The largest absolute Gasteiger partial charge is 0.493 e. The van der Waals surface area contributed by atoms with Gasteiger partial charge in [0.1, 0.15) is 0 Å². The second-order valence-corrected chi connectivity index (χ2v) is 4.16. The standard InChI is InChI=1S/C14H19N3O2/c1-18-13-5-3-4-11(14(13)19-2)8-15-7-6-12-9-16-10-17-12/h3-5,9-10,15H,6-8H2,1-2H3,(H,16,17). The number of imidazole rings is 1. The summed E-state index contributed by atoms with van der Waals surface area (Å²) in [4.78, 5) is 7.07. The fraction of sp³-hybridized carbons (Fsp3) is 0.357. The second kappa shape index (κ2) is 6.80. The Morgan fingerprint density at radius 2 is 2.16 bits per heavy atom. The molecule has 0 unspecified atom stereocenters. The van der Waals surface area contributed by atoms with Crippen LogP contribution in [0.3, 0.4) is 0 Å². The third kappa shape index (κ3) is 3.48. The van der Waals surface area contributed by atoms with E-state index in [1.165, 1.54) is 0 Å². The van der Waals surface area contributed by atoms with E-state index in [-0.39, 0.29) is 0 Å². The molecule has 0 aliphatic carbocycles. The van der Waals surface area contributed by atoms with Crippen molar-refractivity contribution in [3.05, 3.63) is 42.0 Å². The molecular formula is C14H19N3O2. The van der Waals surface area contributed by atoms with E-state index in [1.54, 1.807) is 20.5 Å². The van der Waals surface area contributed by atoms with Gasteiger partial charge in [-0.1, -0.05) is 12.1 Å². The highest BCUT2D eigenvalue weighted by molar-refractivity contribution is 5.46. The lowest BCUT2D eigenvalue weighted by Gasteiger charge is -2.12. The molecule has 0 saturated carbocycles. The second-order valence-electron chi connectivity index (χ2n) is 4.16. The zero-order chi connectivity index (χ0) is 13.5. The minimum atomic E-state index is 0.745. The Balaban J connectivity index is 1.88. The summed E-state index contributed by atoms with van der Waals surface area (Å²) in [7, 11) is 3.30. The van der Waals surface area contributed by atoms with Gasteiger partial charge in [0.15, 0.2) is 11.5 Å². The molecule has 0 radical (unpaired) electrons. The van der Waals surface area contributed by atoms with E-state index in [9.17, 15) is 0 Å². The van der Waals surface area contributed by atoms with Gasteiger partial charge in [0.25, 0.3) is 0 Å². The normalized spacial score (nSPS) is 10.4. The lowest BCUT2D eigenvalue weighted by molar-refractivity contribution is 0.350. The molecule has 0 atom stereocenters. The van der Waals surface area contributed by atoms with Crippen LogP contribution in [-0.4, -0.2) is 30.7 Å². The molecular weight excluding hydrogens is 242 g/mol. The highest BCUT2D eigenvalue weighted by Crippen LogP contribution is 2.30. The molecule has 0 saturated heterocycles. The van der Waals surface area contributed by atoms with E-state index in [4.69, 9.17) is 9.47 Å². The summed E-state index contributed by atoms with van der Waals surface area (Å²) in [6, 6.07) is 5.89. The van der Waals surface area contributed by atoms with Crippen LogP contribution in [0.2, 0.25) is 0 Å². The molecule has 0 aliphatic rings. The zero-order valence-electron chi connectivity index (χ0n) is 11.3. The van der Waals surface area contributed by atoms with E-state index in [1.807, 2.05) is 24.4 Å². The Hall–Kier alpha value is -2.01. The van der Waals surface area contributed by atoms with Crippen LogP contribution in [0.5, 0.6) is 11.5 Å². The summed E-state index contributed by atoms with van der Waals surface area (Å²) >= 11 is 0. The lowest BCUT2D eigenvalue weighted by atomic mass is 10.2. The molecule has 2 aromatic rings. The summed E-state index contributed by atoms with van der Waals surface area (Å²) < 4.78 is 10.7. The first-order valence-corrected chi connectivity index (χ1v) is 6.23. The number of aromatic nitrogens is 2. The van der Waals surface area contributed by atoms with Crippen LogP contribution in [0.25, 0.3) is 0 Å². The van der Waals surface area contributed by atoms with Crippen LogP contribution in [0.4, 0.5) is 0 Å². The molecule has 0 bridgehead atoms. The molecule has 1 aromatic carbocycles. The van der Waals surface area contributed by atoms with Crippen molar-refractivity contribution < 1.29 is 9.47 Å². The summed E-state index contributed by atoms with van der Waals surface area (Å²) in [6.07, 6.45) is 4.46. The fourth-order valence-electron chi connectivity index (χ4n) is 1.96. The number of hydrogen-bond donors (Lipinski definition) is 2. The number of benzene rings is 1. The number of rotatable bonds is 7. The molecule has 0 aliphatic heterocycles. The first-order chi connectivity index (χ1) is 9.35. The summed E-state index contributed by atoms with van der Waals surface area (Å²) in [5.74, 6) is 1.55. The SMILES string of the molecule is COc1cccc(CNCCc2cnc[nH]2)c1OC. The number of para-hydroxylation sites is 1. The molecule has 5 heteroatoms. The van der Waals surface area contributed by atoms with Crippen LogP contribution < -0.4 is 14.8 Å². The smallest absolute Gasteiger partial charge is 0.165 e. The first kappa shape index (κ1) is 13.4. The van der Waals surface area contributed by atoms with Gasteiger partial charge in [0.2, 0.25) is 0 Å². The van der Waals surface area contributed by atoms with Crippen LogP contribution in [0.15, 0.2) is 30.7 Å². The average molecular weight is 261 g/mol. The Bertz CT molecular complexity index is 497. The van der Waals surface area contributed by atoms with Crippen LogP contribution in [0.1, 0.15) is 11.3 Å². The van der Waals surface area contributed by atoms with E-state index < -0.39 is 0 Å². The van der Waals surface area contributed by atoms with Gasteiger partial charge in [-0.3, -0.25) is 0 Å². The number of hydrogen-bond acceptors (Lipinski definition) is 4. The maximum absolute atomic E-state index is 5.39. The molecule has 2 rings (SSSR count). The van der Waals surface area contributed by atoms with E-state index in [2.05, 4.69) is 15.3 Å². The number of methoxy groups -OCH3 is 2. The molecule has 102 valence electrons. The van der Waals surface area contributed by atoms with Crippen LogP contribution >= 0.6 is 0 Å². The Kier molecular flexibility index (Phi) is 4.80.